The lowest BCUT2D eigenvalue weighted by molar-refractivity contribution is -0.137. The minimum absolute atomic E-state index is 0.00495. The van der Waals surface area contributed by atoms with Crippen molar-refractivity contribution in [2.24, 2.45) is 11.3 Å². The molecule has 2 heterocycles. The summed E-state index contributed by atoms with van der Waals surface area (Å²) in [5.41, 5.74) is 5.01. The number of carboxylic acids is 1. The summed E-state index contributed by atoms with van der Waals surface area (Å²) < 4.78 is 5.96. The van der Waals surface area contributed by atoms with E-state index in [-0.39, 0.29) is 34.2 Å². The number of hydrogen-bond donors (Lipinski definition) is 1. The van der Waals surface area contributed by atoms with Crippen molar-refractivity contribution in [2.75, 3.05) is 11.4 Å². The average molecular weight is 665 g/mol. The van der Waals surface area contributed by atoms with E-state index in [9.17, 15) is 20.6 Å². The van der Waals surface area contributed by atoms with Gasteiger partial charge in [0, 0.05) is 40.4 Å². The number of hydrogen-bond acceptors (Lipinski definition) is 6. The first-order valence-electron chi connectivity index (χ1n) is 16.5. The molecule has 8 heteroatoms. The zero-order valence-corrected chi connectivity index (χ0v) is 29.8. The highest BCUT2D eigenvalue weighted by Gasteiger charge is 2.41. The predicted octanol–water partition coefficient (Wildman–Crippen LogP) is 9.67. The molecule has 1 unspecified atom stereocenters. The van der Waals surface area contributed by atoms with Crippen LogP contribution in [-0.2, 0) is 14.9 Å². The van der Waals surface area contributed by atoms with Gasteiger partial charge >= 0.3 is 5.97 Å². The van der Waals surface area contributed by atoms with E-state index < -0.39 is 11.6 Å². The van der Waals surface area contributed by atoms with E-state index in [1.165, 1.54) is 16.9 Å². The van der Waals surface area contributed by atoms with Crippen molar-refractivity contribution in [1.29, 1.82) is 15.8 Å². The lowest BCUT2D eigenvalue weighted by Gasteiger charge is -2.36. The number of ether oxygens (including phenoxy) is 1. The Hall–Kier alpha value is -4.51. The Morgan fingerprint density at radius 2 is 1.73 bits per heavy atom. The number of carboxylic acid groups (broad SMARTS) is 1. The maximum absolute atomic E-state index is 11.0. The van der Waals surface area contributed by atoms with Gasteiger partial charge in [0.25, 0.3) is 0 Å². The van der Waals surface area contributed by atoms with Gasteiger partial charge in [-0.25, -0.2) is 0 Å². The van der Waals surface area contributed by atoms with Crippen LogP contribution in [0.25, 0.3) is 0 Å². The molecule has 1 aromatic rings. The van der Waals surface area contributed by atoms with Crippen molar-refractivity contribution < 1.29 is 14.6 Å². The second kappa shape index (κ2) is 14.3. The summed E-state index contributed by atoms with van der Waals surface area (Å²) in [6.45, 7) is 15.6. The largest absolute Gasteiger partial charge is 0.481 e. The van der Waals surface area contributed by atoms with Gasteiger partial charge in [0.2, 0.25) is 0 Å². The van der Waals surface area contributed by atoms with Gasteiger partial charge in [-0.2, -0.15) is 15.8 Å². The smallest absolute Gasteiger partial charge is 0.303 e. The van der Waals surface area contributed by atoms with Crippen LogP contribution in [0.15, 0.2) is 92.9 Å². The average Bonchev–Trinajstić information content (AvgIpc) is 3.40. The molecule has 1 aromatic carbocycles. The molecule has 0 aromatic heterocycles. The van der Waals surface area contributed by atoms with E-state index in [1.54, 1.807) is 0 Å². The fourth-order valence-corrected chi connectivity index (χ4v) is 7.11. The second-order valence-electron chi connectivity index (χ2n) is 14.8. The molecule has 0 saturated carbocycles. The summed E-state index contributed by atoms with van der Waals surface area (Å²) in [5, 5.41) is 38.7. The molecule has 0 radical (unpaired) electrons. The SMILES string of the molecule is CC1(C)OC(=C(C#N)C#N)C(C#N)=C1C=CC1=C(Cl)C(=CC=C2N(CCCCCC(=O)O)c3ccccc3C2(C)C)CC(C(C)(C)C)C1. The maximum atomic E-state index is 11.0. The number of halogens is 1. The molecule has 0 spiro atoms. The van der Waals surface area contributed by atoms with Gasteiger partial charge in [-0.1, -0.05) is 89.1 Å². The van der Waals surface area contributed by atoms with E-state index in [0.29, 0.717) is 22.9 Å². The van der Waals surface area contributed by atoms with Crippen molar-refractivity contribution in [3.8, 4) is 18.2 Å². The molecule has 1 atom stereocenters. The summed E-state index contributed by atoms with van der Waals surface area (Å²) in [7, 11) is 0. The Labute approximate surface area is 290 Å². The van der Waals surface area contributed by atoms with Crippen LogP contribution in [0.4, 0.5) is 5.69 Å². The normalized spacial score (nSPS) is 21.7. The standard InChI is InChI=1S/C40H45ClN4O3/c1-38(2,3)29-21-26(16-18-31-30(25-44)37(28(23-42)24-43)48-40(31,6)7)36(41)27(22-29)17-19-34-39(4,5)32-13-10-11-14-33(32)45(34)20-12-8-9-15-35(46)47/h10-11,13-14,16-19,29H,8-9,12,15,20-22H2,1-7H3,(H,46,47). The van der Waals surface area contributed by atoms with E-state index in [2.05, 4.69) is 82.0 Å². The van der Waals surface area contributed by atoms with Crippen molar-refractivity contribution in [2.45, 2.75) is 98.0 Å². The first-order valence-corrected chi connectivity index (χ1v) is 16.9. The van der Waals surface area contributed by atoms with Crippen LogP contribution in [0.3, 0.4) is 0 Å². The third-order valence-electron chi connectivity index (χ3n) is 9.75. The number of benzene rings is 1. The molecule has 7 nitrogen and oxygen atoms in total. The van der Waals surface area contributed by atoms with Gasteiger partial charge in [0.15, 0.2) is 11.3 Å². The number of unbranched alkanes of at least 4 members (excludes halogenated alkanes) is 2. The molecule has 0 saturated heterocycles. The first kappa shape index (κ1) is 36.3. The molecule has 0 amide bonds. The van der Waals surface area contributed by atoms with E-state index >= 15 is 0 Å². The van der Waals surface area contributed by atoms with Gasteiger partial charge < -0.3 is 14.7 Å². The third kappa shape index (κ3) is 7.46. The second-order valence-corrected chi connectivity index (χ2v) is 15.2. The fraction of sp³-hybridized carbons (Fsp3) is 0.450. The topological polar surface area (TPSA) is 121 Å². The molecule has 48 heavy (non-hydrogen) atoms. The Morgan fingerprint density at radius 1 is 1.04 bits per heavy atom. The van der Waals surface area contributed by atoms with Crippen LogP contribution in [0.1, 0.15) is 92.6 Å². The van der Waals surface area contributed by atoms with Crippen LogP contribution in [0.5, 0.6) is 0 Å². The Kier molecular flexibility index (Phi) is 10.8. The summed E-state index contributed by atoms with van der Waals surface area (Å²) in [6.07, 6.45) is 12.3. The van der Waals surface area contributed by atoms with E-state index in [4.69, 9.17) is 21.4 Å². The predicted molar refractivity (Wildman–Crippen MR) is 189 cm³/mol. The lowest BCUT2D eigenvalue weighted by atomic mass is 9.70. The van der Waals surface area contributed by atoms with Gasteiger partial charge in [-0.3, -0.25) is 4.79 Å². The number of carbonyl (C=O) groups is 1. The molecule has 1 N–H and O–H groups in total. The van der Waals surface area contributed by atoms with E-state index in [1.807, 2.05) is 38.1 Å². The van der Waals surface area contributed by atoms with Crippen molar-refractivity contribution >= 4 is 23.3 Å². The lowest BCUT2D eigenvalue weighted by Crippen LogP contribution is -2.27. The summed E-state index contributed by atoms with van der Waals surface area (Å²) in [5.74, 6) is -0.437. The molecule has 4 rings (SSSR count). The van der Waals surface area contributed by atoms with Crippen molar-refractivity contribution in [3.63, 3.8) is 0 Å². The van der Waals surface area contributed by atoms with Crippen LogP contribution in [0.2, 0.25) is 0 Å². The van der Waals surface area contributed by atoms with Gasteiger partial charge in [0.1, 0.15) is 29.4 Å². The summed E-state index contributed by atoms with van der Waals surface area (Å²) in [6, 6.07) is 14.3. The Morgan fingerprint density at radius 3 is 2.35 bits per heavy atom. The Bertz CT molecular complexity index is 1780. The first-order chi connectivity index (χ1) is 22.6. The zero-order chi connectivity index (χ0) is 35.4. The van der Waals surface area contributed by atoms with Crippen molar-refractivity contribution in [3.05, 3.63) is 98.5 Å². The van der Waals surface area contributed by atoms with Crippen LogP contribution in [0, 0.1) is 45.3 Å². The van der Waals surface area contributed by atoms with Crippen molar-refractivity contribution in [1.82, 2.24) is 0 Å². The highest BCUT2D eigenvalue weighted by Crippen LogP contribution is 2.49. The number of nitriles is 3. The number of nitrogens with zero attached hydrogens (tertiary/aromatic N) is 4. The fourth-order valence-electron chi connectivity index (χ4n) is 6.83. The van der Waals surface area contributed by atoms with Gasteiger partial charge in [0.05, 0.1) is 0 Å². The molecule has 3 aliphatic rings. The van der Waals surface area contributed by atoms with Gasteiger partial charge in [-0.15, -0.1) is 0 Å². The highest BCUT2D eigenvalue weighted by molar-refractivity contribution is 6.32. The molecule has 0 bridgehead atoms. The maximum Gasteiger partial charge on any atom is 0.303 e. The number of fused-ring (bicyclic) bond motifs is 1. The molecule has 250 valence electrons. The molecule has 1 aliphatic carbocycles. The minimum Gasteiger partial charge on any atom is -0.481 e. The Balaban J connectivity index is 1.77. The van der Waals surface area contributed by atoms with Gasteiger partial charge in [-0.05, 0) is 79.7 Å². The third-order valence-corrected chi connectivity index (χ3v) is 10.2. The molecule has 0 fully saturated rings. The number of allylic oxidation sites excluding steroid dienone is 9. The number of rotatable bonds is 9. The summed E-state index contributed by atoms with van der Waals surface area (Å²) in [4.78, 5) is 13.4. The van der Waals surface area contributed by atoms with Crippen LogP contribution >= 0.6 is 11.6 Å². The molecular formula is C40H45ClN4O3. The molecular weight excluding hydrogens is 620 g/mol. The summed E-state index contributed by atoms with van der Waals surface area (Å²) >= 11 is 7.20. The van der Waals surface area contributed by atoms with E-state index in [0.717, 1.165) is 43.4 Å². The minimum atomic E-state index is -0.912. The molecule has 2 aliphatic heterocycles. The quantitative estimate of drug-likeness (QED) is 0.206. The number of para-hydroxylation sites is 1. The monoisotopic (exact) mass is 664 g/mol. The van der Waals surface area contributed by atoms with Crippen LogP contribution < -0.4 is 4.90 Å². The number of aliphatic carboxylic acids is 1. The zero-order valence-electron chi connectivity index (χ0n) is 29.1. The highest BCUT2D eigenvalue weighted by atomic mass is 35.5. The van der Waals surface area contributed by atoms with Crippen LogP contribution in [-0.4, -0.2) is 23.2 Å². The number of anilines is 1.